The number of para-hydroxylation sites is 1. The number of anilines is 1. The summed E-state index contributed by atoms with van der Waals surface area (Å²) < 4.78 is 16.0. The number of aliphatic imine (C=N–C) groups is 1. The molecule has 2 heterocycles. The standard InChI is InChI=1S/C19H28FN7/c1-2-21-19(22-9-5-6-10-25-15-23-24-16-25)27-13-11-26(12-14-27)18-8-4-3-7-17(18)20/h3-4,7-8,15-16H,2,5-6,9-14H2,1H3,(H,21,22). The van der Waals surface area contributed by atoms with Gasteiger partial charge in [-0.05, 0) is 31.9 Å². The van der Waals surface area contributed by atoms with E-state index in [1.54, 1.807) is 18.7 Å². The molecule has 1 aliphatic rings. The van der Waals surface area contributed by atoms with E-state index in [1.165, 1.54) is 6.07 Å². The lowest BCUT2D eigenvalue weighted by molar-refractivity contribution is 0.370. The van der Waals surface area contributed by atoms with Gasteiger partial charge in [-0.15, -0.1) is 10.2 Å². The number of benzene rings is 1. The van der Waals surface area contributed by atoms with E-state index >= 15 is 0 Å². The molecule has 7 nitrogen and oxygen atoms in total. The summed E-state index contributed by atoms with van der Waals surface area (Å²) in [5, 5.41) is 11.0. The number of hydrogen-bond acceptors (Lipinski definition) is 4. The lowest BCUT2D eigenvalue weighted by atomic mass is 10.2. The van der Waals surface area contributed by atoms with Gasteiger partial charge in [0.25, 0.3) is 0 Å². The summed E-state index contributed by atoms with van der Waals surface area (Å²) in [6, 6.07) is 6.98. The van der Waals surface area contributed by atoms with Crippen LogP contribution < -0.4 is 10.2 Å². The molecule has 0 atom stereocenters. The Morgan fingerprint density at radius 1 is 1.11 bits per heavy atom. The van der Waals surface area contributed by atoms with Gasteiger partial charge >= 0.3 is 0 Å². The van der Waals surface area contributed by atoms with E-state index < -0.39 is 0 Å². The highest BCUT2D eigenvalue weighted by molar-refractivity contribution is 5.80. The number of aromatic nitrogens is 3. The van der Waals surface area contributed by atoms with Crippen LogP contribution in [-0.4, -0.2) is 64.9 Å². The van der Waals surface area contributed by atoms with Crippen LogP contribution in [0.15, 0.2) is 41.9 Å². The van der Waals surface area contributed by atoms with E-state index in [0.717, 1.165) is 64.6 Å². The lowest BCUT2D eigenvalue weighted by Gasteiger charge is -2.37. The summed E-state index contributed by atoms with van der Waals surface area (Å²) in [5.74, 6) is 0.801. The fourth-order valence-corrected chi connectivity index (χ4v) is 3.22. The van der Waals surface area contributed by atoms with Crippen molar-refractivity contribution in [2.75, 3.05) is 44.2 Å². The van der Waals surface area contributed by atoms with Gasteiger partial charge in [0.15, 0.2) is 5.96 Å². The quantitative estimate of drug-likeness (QED) is 0.457. The average Bonchev–Trinajstić information content (AvgIpc) is 3.21. The van der Waals surface area contributed by atoms with Gasteiger partial charge in [-0.2, -0.15) is 0 Å². The molecule has 1 aromatic heterocycles. The number of guanidine groups is 1. The van der Waals surface area contributed by atoms with Gasteiger partial charge in [0.2, 0.25) is 0 Å². The van der Waals surface area contributed by atoms with Crippen molar-refractivity contribution in [2.45, 2.75) is 26.3 Å². The zero-order valence-corrected chi connectivity index (χ0v) is 15.9. The van der Waals surface area contributed by atoms with Gasteiger partial charge in [0.05, 0.1) is 5.69 Å². The first-order valence-electron chi connectivity index (χ1n) is 9.63. The summed E-state index contributed by atoms with van der Waals surface area (Å²) in [4.78, 5) is 9.14. The topological polar surface area (TPSA) is 61.6 Å². The van der Waals surface area contributed by atoms with Gasteiger partial charge in [0.1, 0.15) is 18.5 Å². The van der Waals surface area contributed by atoms with Crippen molar-refractivity contribution >= 4 is 11.6 Å². The molecule has 146 valence electrons. The Hall–Kier alpha value is -2.64. The summed E-state index contributed by atoms with van der Waals surface area (Å²) in [7, 11) is 0. The third kappa shape index (κ3) is 5.42. The Bertz CT molecular complexity index is 709. The van der Waals surface area contributed by atoms with Crippen LogP contribution in [-0.2, 0) is 6.54 Å². The summed E-state index contributed by atoms with van der Waals surface area (Å²) in [5.41, 5.74) is 0.688. The molecule has 3 rings (SSSR count). The van der Waals surface area contributed by atoms with E-state index in [0.29, 0.717) is 5.69 Å². The van der Waals surface area contributed by atoms with Crippen LogP contribution in [0.3, 0.4) is 0 Å². The first-order chi connectivity index (χ1) is 13.3. The molecule has 0 saturated carbocycles. The number of hydrogen-bond donors (Lipinski definition) is 1. The number of unbranched alkanes of at least 4 members (excludes halogenated alkanes) is 1. The minimum atomic E-state index is -0.153. The van der Waals surface area contributed by atoms with Gasteiger partial charge in [-0.1, -0.05) is 12.1 Å². The maximum atomic E-state index is 14.0. The number of halogens is 1. The molecular weight excluding hydrogens is 345 g/mol. The minimum Gasteiger partial charge on any atom is -0.366 e. The van der Waals surface area contributed by atoms with Crippen LogP contribution in [0, 0.1) is 5.82 Å². The summed E-state index contributed by atoms with van der Waals surface area (Å²) in [6.45, 7) is 7.88. The predicted octanol–water partition coefficient (Wildman–Crippen LogP) is 1.99. The largest absolute Gasteiger partial charge is 0.366 e. The van der Waals surface area contributed by atoms with Crippen molar-refractivity contribution in [2.24, 2.45) is 4.99 Å². The first-order valence-corrected chi connectivity index (χ1v) is 9.63. The highest BCUT2D eigenvalue weighted by Crippen LogP contribution is 2.20. The molecule has 2 aromatic rings. The van der Waals surface area contributed by atoms with E-state index in [1.807, 2.05) is 16.7 Å². The normalized spacial score (nSPS) is 15.3. The molecule has 0 spiro atoms. The highest BCUT2D eigenvalue weighted by atomic mass is 19.1. The second-order valence-electron chi connectivity index (χ2n) is 6.57. The summed E-state index contributed by atoms with van der Waals surface area (Å²) in [6.07, 6.45) is 5.54. The number of aryl methyl sites for hydroxylation is 1. The van der Waals surface area contributed by atoms with Gasteiger partial charge in [-0.25, -0.2) is 4.39 Å². The van der Waals surface area contributed by atoms with Crippen molar-refractivity contribution in [3.05, 3.63) is 42.7 Å². The Labute approximate surface area is 159 Å². The fourth-order valence-electron chi connectivity index (χ4n) is 3.22. The molecule has 27 heavy (non-hydrogen) atoms. The minimum absolute atomic E-state index is 0.153. The third-order valence-corrected chi connectivity index (χ3v) is 4.66. The molecule has 0 unspecified atom stereocenters. The number of rotatable bonds is 7. The van der Waals surface area contributed by atoms with E-state index in [4.69, 9.17) is 4.99 Å². The molecule has 0 bridgehead atoms. The molecule has 1 N–H and O–H groups in total. The zero-order valence-electron chi connectivity index (χ0n) is 15.9. The van der Waals surface area contributed by atoms with E-state index in [9.17, 15) is 4.39 Å². The van der Waals surface area contributed by atoms with Gasteiger partial charge < -0.3 is 19.7 Å². The van der Waals surface area contributed by atoms with Crippen LogP contribution in [0.25, 0.3) is 0 Å². The van der Waals surface area contributed by atoms with Crippen LogP contribution in [0.4, 0.5) is 10.1 Å². The maximum absolute atomic E-state index is 14.0. The fraction of sp³-hybridized carbons (Fsp3) is 0.526. The predicted molar refractivity (Wildman–Crippen MR) is 105 cm³/mol. The third-order valence-electron chi connectivity index (χ3n) is 4.66. The molecule has 8 heteroatoms. The smallest absolute Gasteiger partial charge is 0.194 e. The lowest BCUT2D eigenvalue weighted by Crippen LogP contribution is -2.52. The molecule has 0 aliphatic carbocycles. The molecular formula is C19H28FN7. The molecule has 1 aliphatic heterocycles. The van der Waals surface area contributed by atoms with Crippen LogP contribution in [0.1, 0.15) is 19.8 Å². The average molecular weight is 373 g/mol. The van der Waals surface area contributed by atoms with Crippen molar-refractivity contribution < 1.29 is 4.39 Å². The molecule has 1 aromatic carbocycles. The Morgan fingerprint density at radius 2 is 1.85 bits per heavy atom. The maximum Gasteiger partial charge on any atom is 0.194 e. The SMILES string of the molecule is CCNC(=NCCCCn1cnnc1)N1CCN(c2ccccc2F)CC1. The van der Waals surface area contributed by atoms with E-state index in [2.05, 4.69) is 32.2 Å². The Balaban J connectivity index is 1.47. The van der Waals surface area contributed by atoms with Gasteiger partial charge in [0, 0.05) is 45.8 Å². The van der Waals surface area contributed by atoms with Crippen LogP contribution in [0.2, 0.25) is 0 Å². The number of nitrogens with zero attached hydrogens (tertiary/aromatic N) is 6. The van der Waals surface area contributed by atoms with Crippen LogP contribution in [0.5, 0.6) is 0 Å². The van der Waals surface area contributed by atoms with Crippen molar-refractivity contribution in [3.8, 4) is 0 Å². The Morgan fingerprint density at radius 3 is 2.56 bits per heavy atom. The zero-order chi connectivity index (χ0) is 18.9. The van der Waals surface area contributed by atoms with Crippen molar-refractivity contribution in [3.63, 3.8) is 0 Å². The highest BCUT2D eigenvalue weighted by Gasteiger charge is 2.21. The van der Waals surface area contributed by atoms with E-state index in [-0.39, 0.29) is 5.82 Å². The molecule has 0 radical (unpaired) electrons. The van der Waals surface area contributed by atoms with Crippen molar-refractivity contribution in [1.82, 2.24) is 25.0 Å². The summed E-state index contributed by atoms with van der Waals surface area (Å²) >= 11 is 0. The molecule has 1 fully saturated rings. The van der Waals surface area contributed by atoms with Crippen molar-refractivity contribution in [1.29, 1.82) is 0 Å². The Kier molecular flexibility index (Phi) is 7.01. The second-order valence-corrected chi connectivity index (χ2v) is 6.57. The molecule has 0 amide bonds. The van der Waals surface area contributed by atoms with Gasteiger partial charge in [-0.3, -0.25) is 4.99 Å². The molecule has 1 saturated heterocycles. The van der Waals surface area contributed by atoms with Crippen LogP contribution >= 0.6 is 0 Å². The second kappa shape index (κ2) is 9.89. The number of nitrogens with one attached hydrogen (secondary N) is 1. The first kappa shape index (κ1) is 19.1. The number of piperazine rings is 1. The monoisotopic (exact) mass is 373 g/mol.